The first-order valence-electron chi connectivity index (χ1n) is 9.41. The molecule has 3 aromatic carbocycles. The molecule has 0 aliphatic carbocycles. The van der Waals surface area contributed by atoms with Crippen LogP contribution in [-0.4, -0.2) is 18.9 Å². The maximum Gasteiger partial charge on any atom is 0.272 e. The Labute approximate surface area is 175 Å². The molecule has 150 valence electrons. The van der Waals surface area contributed by atoms with Crippen molar-refractivity contribution in [2.24, 2.45) is 0 Å². The molecule has 30 heavy (non-hydrogen) atoms. The first-order valence-corrected chi connectivity index (χ1v) is 9.41. The number of ether oxygens (including phenoxy) is 1. The molecule has 3 rings (SSSR count). The summed E-state index contributed by atoms with van der Waals surface area (Å²) in [5.74, 6) is -0.184. The van der Waals surface area contributed by atoms with Crippen LogP contribution in [0.2, 0.25) is 0 Å². The van der Waals surface area contributed by atoms with Crippen LogP contribution in [0.15, 0.2) is 103 Å². The molecule has 5 heteroatoms. The minimum Gasteiger partial charge on any atom is -0.497 e. The second-order valence-electron chi connectivity index (χ2n) is 6.36. The van der Waals surface area contributed by atoms with E-state index in [2.05, 4.69) is 10.6 Å². The Hall–Kier alpha value is -4.12. The number of allylic oxidation sites excluding steroid dienone is 2. The van der Waals surface area contributed by atoms with Gasteiger partial charge in [-0.3, -0.25) is 9.59 Å². The number of rotatable bonds is 7. The average molecular weight is 398 g/mol. The van der Waals surface area contributed by atoms with Crippen LogP contribution in [0.3, 0.4) is 0 Å². The Morgan fingerprint density at radius 3 is 2.27 bits per heavy atom. The van der Waals surface area contributed by atoms with E-state index in [4.69, 9.17) is 4.74 Å². The Balaban J connectivity index is 1.81. The molecule has 0 atom stereocenters. The Bertz CT molecular complexity index is 1060. The van der Waals surface area contributed by atoms with E-state index in [0.29, 0.717) is 17.0 Å². The van der Waals surface area contributed by atoms with Gasteiger partial charge in [0.2, 0.25) is 0 Å². The standard InChI is InChI=1S/C25H22N2O3/c1-30-22-16-9-15-21(18-22)26-25(29)23(17-8-12-19-10-4-2-5-11-19)27-24(28)20-13-6-3-7-14-20/h2-18H,1H3,(H,26,29)(H,27,28)/b12-8+,23-17-. The lowest BCUT2D eigenvalue weighted by molar-refractivity contribution is -0.113. The number of methoxy groups -OCH3 is 1. The summed E-state index contributed by atoms with van der Waals surface area (Å²) in [6.07, 6.45) is 5.15. The van der Waals surface area contributed by atoms with Crippen LogP contribution in [-0.2, 0) is 4.79 Å². The van der Waals surface area contributed by atoms with Gasteiger partial charge in [0, 0.05) is 17.3 Å². The van der Waals surface area contributed by atoms with Gasteiger partial charge in [0.25, 0.3) is 11.8 Å². The fourth-order valence-corrected chi connectivity index (χ4v) is 2.68. The molecular weight excluding hydrogens is 376 g/mol. The number of carbonyl (C=O) groups excluding carboxylic acids is 2. The zero-order valence-electron chi connectivity index (χ0n) is 16.5. The molecule has 0 unspecified atom stereocenters. The Morgan fingerprint density at radius 2 is 1.57 bits per heavy atom. The lowest BCUT2D eigenvalue weighted by Gasteiger charge is -2.11. The summed E-state index contributed by atoms with van der Waals surface area (Å²) in [5.41, 5.74) is 2.13. The average Bonchev–Trinajstić information content (AvgIpc) is 2.79. The van der Waals surface area contributed by atoms with E-state index >= 15 is 0 Å². The van der Waals surface area contributed by atoms with Gasteiger partial charge in [-0.1, -0.05) is 66.7 Å². The van der Waals surface area contributed by atoms with Gasteiger partial charge in [-0.05, 0) is 35.9 Å². The maximum atomic E-state index is 12.9. The van der Waals surface area contributed by atoms with Crippen LogP contribution >= 0.6 is 0 Å². The van der Waals surface area contributed by atoms with Crippen LogP contribution in [0.4, 0.5) is 5.69 Å². The number of benzene rings is 3. The van der Waals surface area contributed by atoms with Crippen molar-refractivity contribution in [2.45, 2.75) is 0 Å². The Morgan fingerprint density at radius 1 is 0.867 bits per heavy atom. The highest BCUT2D eigenvalue weighted by molar-refractivity contribution is 6.08. The summed E-state index contributed by atoms with van der Waals surface area (Å²) in [6, 6.07) is 25.4. The molecule has 0 heterocycles. The third-order valence-corrected chi connectivity index (χ3v) is 4.21. The molecule has 2 N–H and O–H groups in total. The van der Waals surface area contributed by atoms with Crippen molar-refractivity contribution in [1.29, 1.82) is 0 Å². The topological polar surface area (TPSA) is 67.4 Å². The molecule has 0 fully saturated rings. The van der Waals surface area contributed by atoms with E-state index in [1.165, 1.54) is 0 Å². The predicted octanol–water partition coefficient (Wildman–Crippen LogP) is 4.66. The van der Waals surface area contributed by atoms with E-state index in [1.54, 1.807) is 67.8 Å². The summed E-state index contributed by atoms with van der Waals surface area (Å²) in [4.78, 5) is 25.4. The van der Waals surface area contributed by atoms with Crippen LogP contribution in [0.25, 0.3) is 6.08 Å². The number of carbonyl (C=O) groups is 2. The second-order valence-corrected chi connectivity index (χ2v) is 6.36. The summed E-state index contributed by atoms with van der Waals surface area (Å²) < 4.78 is 5.19. The van der Waals surface area contributed by atoms with Crippen LogP contribution in [0.1, 0.15) is 15.9 Å². The van der Waals surface area contributed by atoms with Crippen LogP contribution in [0.5, 0.6) is 5.75 Å². The summed E-state index contributed by atoms with van der Waals surface area (Å²) in [7, 11) is 1.56. The van der Waals surface area contributed by atoms with E-state index in [9.17, 15) is 9.59 Å². The number of anilines is 1. The minimum absolute atomic E-state index is 0.124. The quantitative estimate of drug-likeness (QED) is 0.449. The van der Waals surface area contributed by atoms with Crippen molar-refractivity contribution < 1.29 is 14.3 Å². The van der Waals surface area contributed by atoms with Gasteiger partial charge in [0.15, 0.2) is 0 Å². The van der Waals surface area contributed by atoms with Gasteiger partial charge in [-0.15, -0.1) is 0 Å². The maximum absolute atomic E-state index is 12.9. The normalized spacial score (nSPS) is 11.2. The molecule has 0 radical (unpaired) electrons. The summed E-state index contributed by atoms with van der Waals surface area (Å²) in [5, 5.41) is 5.48. The van der Waals surface area contributed by atoms with Crippen molar-refractivity contribution in [3.63, 3.8) is 0 Å². The lowest BCUT2D eigenvalue weighted by Crippen LogP contribution is -2.30. The SMILES string of the molecule is COc1cccc(NC(=O)/C(=C/C=C/c2ccccc2)NC(=O)c2ccccc2)c1. The molecule has 3 aromatic rings. The number of amides is 2. The summed E-state index contributed by atoms with van der Waals surface area (Å²) >= 11 is 0. The molecule has 0 aromatic heterocycles. The highest BCUT2D eigenvalue weighted by atomic mass is 16.5. The number of hydrogen-bond donors (Lipinski definition) is 2. The monoisotopic (exact) mass is 398 g/mol. The van der Waals surface area contributed by atoms with Gasteiger partial charge >= 0.3 is 0 Å². The number of nitrogens with one attached hydrogen (secondary N) is 2. The van der Waals surface area contributed by atoms with Gasteiger partial charge in [-0.25, -0.2) is 0 Å². The molecule has 0 aliphatic heterocycles. The molecule has 0 spiro atoms. The highest BCUT2D eigenvalue weighted by Gasteiger charge is 2.14. The molecule has 0 saturated heterocycles. The van der Waals surface area contributed by atoms with E-state index in [-0.39, 0.29) is 11.6 Å². The lowest BCUT2D eigenvalue weighted by atomic mass is 10.2. The van der Waals surface area contributed by atoms with Crippen molar-refractivity contribution >= 4 is 23.6 Å². The van der Waals surface area contributed by atoms with Crippen molar-refractivity contribution in [1.82, 2.24) is 5.32 Å². The smallest absolute Gasteiger partial charge is 0.272 e. The van der Waals surface area contributed by atoms with Crippen molar-refractivity contribution in [3.8, 4) is 5.75 Å². The molecule has 2 amide bonds. The molecule has 5 nitrogen and oxygen atoms in total. The molecule has 0 aliphatic rings. The zero-order valence-corrected chi connectivity index (χ0v) is 16.5. The molecule has 0 saturated carbocycles. The minimum atomic E-state index is -0.440. The van der Waals surface area contributed by atoms with Crippen molar-refractivity contribution in [2.75, 3.05) is 12.4 Å². The first-order chi connectivity index (χ1) is 14.7. The van der Waals surface area contributed by atoms with E-state index in [0.717, 1.165) is 5.56 Å². The van der Waals surface area contributed by atoms with E-state index < -0.39 is 5.91 Å². The third-order valence-electron chi connectivity index (χ3n) is 4.21. The third kappa shape index (κ3) is 5.94. The van der Waals surface area contributed by atoms with Crippen LogP contribution < -0.4 is 15.4 Å². The van der Waals surface area contributed by atoms with Gasteiger partial charge in [0.1, 0.15) is 11.4 Å². The van der Waals surface area contributed by atoms with Gasteiger partial charge < -0.3 is 15.4 Å². The summed E-state index contributed by atoms with van der Waals surface area (Å²) in [6.45, 7) is 0. The van der Waals surface area contributed by atoms with E-state index in [1.807, 2.05) is 42.5 Å². The van der Waals surface area contributed by atoms with Gasteiger partial charge in [0.05, 0.1) is 7.11 Å². The fraction of sp³-hybridized carbons (Fsp3) is 0.0400. The van der Waals surface area contributed by atoms with Crippen LogP contribution in [0, 0.1) is 0 Å². The highest BCUT2D eigenvalue weighted by Crippen LogP contribution is 2.17. The predicted molar refractivity (Wildman–Crippen MR) is 119 cm³/mol. The van der Waals surface area contributed by atoms with Gasteiger partial charge in [-0.2, -0.15) is 0 Å². The Kier molecular flexibility index (Phi) is 7.17. The molecule has 0 bridgehead atoms. The fourth-order valence-electron chi connectivity index (χ4n) is 2.68. The molecular formula is C25H22N2O3. The first kappa shape index (κ1) is 20.6. The second kappa shape index (κ2) is 10.4. The largest absolute Gasteiger partial charge is 0.497 e. The number of hydrogen-bond acceptors (Lipinski definition) is 3. The van der Waals surface area contributed by atoms with Crippen molar-refractivity contribution in [3.05, 3.63) is 114 Å². The zero-order chi connectivity index (χ0) is 21.2.